The van der Waals surface area contributed by atoms with Gasteiger partial charge in [-0.1, -0.05) is 37.1 Å². The van der Waals surface area contributed by atoms with E-state index in [0.717, 1.165) is 24.8 Å². The molecule has 0 saturated carbocycles. The number of esters is 1. The molecule has 0 fully saturated rings. The molecule has 138 valence electrons. The highest BCUT2D eigenvalue weighted by atomic mass is 16.6. The maximum absolute atomic E-state index is 11.7. The molecule has 0 rings (SSSR count). The van der Waals surface area contributed by atoms with Crippen molar-refractivity contribution in [3.05, 3.63) is 23.3 Å². The third-order valence-corrected chi connectivity index (χ3v) is 4.03. The second-order valence-electron chi connectivity index (χ2n) is 6.18. The molecule has 5 nitrogen and oxygen atoms in total. The summed E-state index contributed by atoms with van der Waals surface area (Å²) in [5.74, 6) is -2.48. The van der Waals surface area contributed by atoms with Gasteiger partial charge in [0.2, 0.25) is 0 Å². The van der Waals surface area contributed by atoms with E-state index in [9.17, 15) is 14.7 Å². The van der Waals surface area contributed by atoms with Crippen LogP contribution in [0, 0.1) is 11.8 Å². The van der Waals surface area contributed by atoms with Gasteiger partial charge < -0.3 is 14.6 Å². The number of allylic oxidation sites excluding steroid dienone is 4. The zero-order valence-electron chi connectivity index (χ0n) is 15.6. The van der Waals surface area contributed by atoms with Crippen molar-refractivity contribution >= 4 is 11.9 Å². The van der Waals surface area contributed by atoms with E-state index in [1.807, 2.05) is 19.9 Å². The number of carboxylic acids is 1. The fraction of sp³-hybridized carbons (Fsp3) is 0.684. The van der Waals surface area contributed by atoms with E-state index in [4.69, 9.17) is 9.47 Å². The predicted molar refractivity (Wildman–Crippen MR) is 94.8 cm³/mol. The number of ether oxygens (including phenoxy) is 2. The van der Waals surface area contributed by atoms with Gasteiger partial charge in [-0.15, -0.1) is 0 Å². The molecule has 0 bridgehead atoms. The number of methoxy groups -OCH3 is 1. The Morgan fingerprint density at radius 2 is 1.83 bits per heavy atom. The lowest BCUT2D eigenvalue weighted by Gasteiger charge is -2.17. The first-order chi connectivity index (χ1) is 11.3. The monoisotopic (exact) mass is 340 g/mol. The van der Waals surface area contributed by atoms with Crippen molar-refractivity contribution in [2.45, 2.75) is 53.4 Å². The molecule has 1 N–H and O–H groups in total. The average Bonchev–Trinajstić information content (AvgIpc) is 2.52. The lowest BCUT2D eigenvalue weighted by atomic mass is 9.89. The van der Waals surface area contributed by atoms with E-state index in [0.29, 0.717) is 6.61 Å². The summed E-state index contributed by atoms with van der Waals surface area (Å²) in [5, 5.41) is 9.39. The lowest BCUT2D eigenvalue weighted by molar-refractivity contribution is -0.153. The number of hydrogen-bond donors (Lipinski definition) is 1. The van der Waals surface area contributed by atoms with Crippen LogP contribution in [0.1, 0.15) is 53.4 Å². The standard InChI is InChI=1S/C19H32O5/c1-6-14(2)8-7-9-15(3)12-16(4)17(19(21)22)13-18(20)24-11-10-23-5/h8,12,16-17H,6-7,9-11,13H2,1-5H3,(H,21,22)/b14-8+,15-12+. The first-order valence-corrected chi connectivity index (χ1v) is 8.52. The van der Waals surface area contributed by atoms with Gasteiger partial charge in [-0.25, -0.2) is 0 Å². The lowest BCUT2D eigenvalue weighted by Crippen LogP contribution is -2.25. The molecule has 5 heteroatoms. The van der Waals surface area contributed by atoms with E-state index in [1.165, 1.54) is 12.7 Å². The van der Waals surface area contributed by atoms with Crippen molar-refractivity contribution < 1.29 is 24.2 Å². The highest BCUT2D eigenvalue weighted by Crippen LogP contribution is 2.21. The van der Waals surface area contributed by atoms with Crippen molar-refractivity contribution in [2.24, 2.45) is 11.8 Å². The molecule has 0 radical (unpaired) electrons. The fourth-order valence-corrected chi connectivity index (χ4v) is 2.31. The van der Waals surface area contributed by atoms with Gasteiger partial charge >= 0.3 is 11.9 Å². The quantitative estimate of drug-likeness (QED) is 0.330. The molecule has 0 amide bonds. The Bertz CT molecular complexity index is 451. The summed E-state index contributed by atoms with van der Waals surface area (Å²) < 4.78 is 9.77. The molecule has 24 heavy (non-hydrogen) atoms. The minimum Gasteiger partial charge on any atom is -0.481 e. The summed E-state index contributed by atoms with van der Waals surface area (Å²) in [4.78, 5) is 23.2. The number of carboxylic acid groups (broad SMARTS) is 1. The Labute approximate surface area is 145 Å². The summed E-state index contributed by atoms with van der Waals surface area (Å²) >= 11 is 0. The molecule has 0 heterocycles. The van der Waals surface area contributed by atoms with Gasteiger partial charge in [0.15, 0.2) is 0 Å². The van der Waals surface area contributed by atoms with E-state index < -0.39 is 17.9 Å². The third kappa shape index (κ3) is 10.2. The number of aliphatic carboxylic acids is 1. The second-order valence-corrected chi connectivity index (χ2v) is 6.18. The van der Waals surface area contributed by atoms with Gasteiger partial charge in [0.25, 0.3) is 0 Å². The highest BCUT2D eigenvalue weighted by molar-refractivity contribution is 5.79. The van der Waals surface area contributed by atoms with E-state index in [1.54, 1.807) is 0 Å². The van der Waals surface area contributed by atoms with E-state index >= 15 is 0 Å². The third-order valence-electron chi connectivity index (χ3n) is 4.03. The molecular weight excluding hydrogens is 308 g/mol. The Morgan fingerprint density at radius 1 is 1.17 bits per heavy atom. The molecule has 2 atom stereocenters. The van der Waals surface area contributed by atoms with E-state index in [2.05, 4.69) is 19.9 Å². The van der Waals surface area contributed by atoms with Crippen LogP contribution in [0.2, 0.25) is 0 Å². The molecule has 0 aliphatic rings. The summed E-state index contributed by atoms with van der Waals surface area (Å²) in [6, 6.07) is 0. The minimum atomic E-state index is -0.975. The molecule has 0 aromatic rings. The van der Waals surface area contributed by atoms with Gasteiger partial charge in [0, 0.05) is 7.11 Å². The smallest absolute Gasteiger partial charge is 0.307 e. The van der Waals surface area contributed by atoms with Crippen LogP contribution in [-0.2, 0) is 19.1 Å². The molecule has 0 aromatic heterocycles. The van der Waals surface area contributed by atoms with Gasteiger partial charge in [0.05, 0.1) is 18.9 Å². The van der Waals surface area contributed by atoms with Crippen molar-refractivity contribution in [1.29, 1.82) is 0 Å². The van der Waals surface area contributed by atoms with Crippen LogP contribution in [0.5, 0.6) is 0 Å². The zero-order valence-corrected chi connectivity index (χ0v) is 15.6. The number of rotatable bonds is 12. The molecule has 0 saturated heterocycles. The SMILES string of the molecule is CC/C(C)=C/CC/C(C)=C/C(C)C(CC(=O)OCCOC)C(=O)O. The molecule has 0 aliphatic heterocycles. The Hall–Kier alpha value is -1.62. The molecule has 0 aliphatic carbocycles. The summed E-state index contributed by atoms with van der Waals surface area (Å²) in [6.07, 6.45) is 6.93. The normalized spacial score (nSPS) is 15.0. The molecule has 2 unspecified atom stereocenters. The fourth-order valence-electron chi connectivity index (χ4n) is 2.31. The van der Waals surface area contributed by atoms with Crippen LogP contribution < -0.4 is 0 Å². The van der Waals surface area contributed by atoms with Gasteiger partial charge in [0.1, 0.15) is 6.61 Å². The molecule has 0 aromatic carbocycles. The minimum absolute atomic E-state index is 0.126. The van der Waals surface area contributed by atoms with E-state index in [-0.39, 0.29) is 18.9 Å². The first-order valence-electron chi connectivity index (χ1n) is 8.52. The number of carbonyl (C=O) groups is 2. The Morgan fingerprint density at radius 3 is 2.38 bits per heavy atom. The van der Waals surface area contributed by atoms with Gasteiger partial charge in [-0.3, -0.25) is 9.59 Å². The Balaban J connectivity index is 4.61. The average molecular weight is 340 g/mol. The van der Waals surface area contributed by atoms with Crippen LogP contribution in [0.4, 0.5) is 0 Å². The van der Waals surface area contributed by atoms with Crippen LogP contribution in [0.25, 0.3) is 0 Å². The second kappa shape index (κ2) is 12.8. The van der Waals surface area contributed by atoms with Crippen LogP contribution in [0.15, 0.2) is 23.3 Å². The maximum Gasteiger partial charge on any atom is 0.307 e. The summed E-state index contributed by atoms with van der Waals surface area (Å²) in [7, 11) is 1.51. The Kier molecular flexibility index (Phi) is 11.9. The van der Waals surface area contributed by atoms with Crippen molar-refractivity contribution in [1.82, 2.24) is 0 Å². The number of carbonyl (C=O) groups excluding carboxylic acids is 1. The summed E-state index contributed by atoms with van der Waals surface area (Å²) in [6.45, 7) is 8.52. The topological polar surface area (TPSA) is 72.8 Å². The summed E-state index contributed by atoms with van der Waals surface area (Å²) in [5.41, 5.74) is 2.50. The number of hydrogen-bond acceptors (Lipinski definition) is 4. The molecule has 0 spiro atoms. The van der Waals surface area contributed by atoms with Crippen molar-refractivity contribution in [2.75, 3.05) is 20.3 Å². The zero-order chi connectivity index (χ0) is 18.5. The van der Waals surface area contributed by atoms with Crippen molar-refractivity contribution in [3.63, 3.8) is 0 Å². The van der Waals surface area contributed by atoms with Crippen LogP contribution in [-0.4, -0.2) is 37.4 Å². The highest BCUT2D eigenvalue weighted by Gasteiger charge is 2.27. The maximum atomic E-state index is 11.7. The first kappa shape index (κ1) is 22.4. The largest absolute Gasteiger partial charge is 0.481 e. The van der Waals surface area contributed by atoms with Crippen LogP contribution >= 0.6 is 0 Å². The van der Waals surface area contributed by atoms with Crippen LogP contribution in [0.3, 0.4) is 0 Å². The van der Waals surface area contributed by atoms with Gasteiger partial charge in [-0.05, 0) is 39.0 Å². The molecular formula is C19H32O5. The van der Waals surface area contributed by atoms with Gasteiger partial charge in [-0.2, -0.15) is 0 Å². The predicted octanol–water partition coefficient (Wildman–Crippen LogP) is 3.99. The van der Waals surface area contributed by atoms with Crippen molar-refractivity contribution in [3.8, 4) is 0 Å².